The Morgan fingerprint density at radius 1 is 1.33 bits per heavy atom. The summed E-state index contributed by atoms with van der Waals surface area (Å²) in [6, 6.07) is -0.833. The Morgan fingerprint density at radius 2 is 1.33 bits per heavy atom. The van der Waals surface area contributed by atoms with Crippen molar-refractivity contribution < 1.29 is 8.60 Å². The molecule has 34 valence electrons. The van der Waals surface area contributed by atoms with E-state index in [1.807, 2.05) is 0 Å². The van der Waals surface area contributed by atoms with E-state index in [0.29, 0.717) is 16.2 Å². The molecular weight excluding hydrogens is 99.0 g/mol. The van der Waals surface area contributed by atoms with Gasteiger partial charge in [-0.05, 0) is 0 Å². The molecule has 0 radical (unpaired) electrons. The van der Waals surface area contributed by atoms with E-state index in [1.54, 1.807) is 0 Å². The maximum absolute atomic E-state index is 9.00. The van der Waals surface area contributed by atoms with Crippen LogP contribution in [-0.2, 0) is 3.80 Å². The number of hydrogen-bond donors (Lipinski definition) is 2. The van der Waals surface area contributed by atoms with Crippen molar-refractivity contribution in [2.24, 2.45) is 11.5 Å². The number of nitrogens with two attached hydrogens (primary N) is 2. The summed E-state index contributed by atoms with van der Waals surface area (Å²) in [5, 5.41) is 0. The zero-order valence-corrected chi connectivity index (χ0v) is 4.59. The fourth-order valence-corrected chi connectivity index (χ4v) is 0. The summed E-state index contributed by atoms with van der Waals surface area (Å²) < 4.78 is 8.28. The van der Waals surface area contributed by atoms with E-state index < -0.39 is 6.03 Å². The Labute approximate surface area is 43.1 Å². The van der Waals surface area contributed by atoms with Crippen LogP contribution in [0.3, 0.4) is 0 Å². The molecule has 0 aliphatic heterocycles. The van der Waals surface area contributed by atoms with Crippen LogP contribution in [0.2, 0.25) is 0 Å². The summed E-state index contributed by atoms with van der Waals surface area (Å²) in [4.78, 5) is 9.00. The molecule has 0 saturated heterocycles. The SMILES string of the molecule is NC(N)=O.[O]=[AlH]. The molecule has 0 spiro atoms. The molecule has 0 bridgehead atoms. The van der Waals surface area contributed by atoms with Gasteiger partial charge in [0.1, 0.15) is 0 Å². The van der Waals surface area contributed by atoms with Crippen LogP contribution in [-0.4, -0.2) is 22.3 Å². The van der Waals surface area contributed by atoms with Gasteiger partial charge in [0.25, 0.3) is 0 Å². The minimum atomic E-state index is -0.833. The standard InChI is InChI=1S/CH4N2O.Al.O.H/c2-1(3)4;;;/h(H4,2,3,4);;;. The van der Waals surface area contributed by atoms with Gasteiger partial charge in [0, 0.05) is 0 Å². The monoisotopic (exact) mass is 104 g/mol. The summed E-state index contributed by atoms with van der Waals surface area (Å²) in [7, 11) is 0. The second kappa shape index (κ2) is 8.82. The van der Waals surface area contributed by atoms with E-state index in [1.165, 1.54) is 0 Å². The Balaban J connectivity index is 0. The Hall–Kier alpha value is -0.398. The first kappa shape index (κ1) is 9.14. The minimum absolute atomic E-state index is 0.611. The molecule has 6 heavy (non-hydrogen) atoms. The number of carbonyl (C=O) groups is 1. The fourth-order valence-electron chi connectivity index (χ4n) is 0. The molecule has 0 fully saturated rings. The van der Waals surface area contributed by atoms with Crippen molar-refractivity contribution in [3.05, 3.63) is 0 Å². The summed E-state index contributed by atoms with van der Waals surface area (Å²) in [5.41, 5.74) is 8.50. The van der Waals surface area contributed by atoms with Crippen molar-refractivity contribution in [3.63, 3.8) is 0 Å². The van der Waals surface area contributed by atoms with E-state index in [4.69, 9.17) is 8.60 Å². The van der Waals surface area contributed by atoms with Crippen LogP contribution in [0.25, 0.3) is 0 Å². The molecule has 0 saturated carbocycles. The second-order valence-corrected chi connectivity index (χ2v) is 0.402. The molecular formula is CH5AlN2O2. The van der Waals surface area contributed by atoms with Gasteiger partial charge in [-0.1, -0.05) is 0 Å². The van der Waals surface area contributed by atoms with Crippen LogP contribution < -0.4 is 11.5 Å². The fraction of sp³-hybridized carbons (Fsp3) is 0. The first-order valence-electron chi connectivity index (χ1n) is 1.07. The molecule has 5 heteroatoms. The van der Waals surface area contributed by atoms with Gasteiger partial charge in [-0.15, -0.1) is 0 Å². The van der Waals surface area contributed by atoms with Gasteiger partial charge in [0.15, 0.2) is 0 Å². The zero-order chi connectivity index (χ0) is 5.58. The molecule has 4 nitrogen and oxygen atoms in total. The number of urea groups is 1. The van der Waals surface area contributed by atoms with Gasteiger partial charge in [-0.2, -0.15) is 0 Å². The molecule has 0 aromatic rings. The Morgan fingerprint density at radius 3 is 1.33 bits per heavy atom. The molecule has 0 aliphatic rings. The van der Waals surface area contributed by atoms with Crippen LogP contribution in [0.5, 0.6) is 0 Å². The van der Waals surface area contributed by atoms with Crippen LogP contribution in [0, 0.1) is 0 Å². The van der Waals surface area contributed by atoms with Crippen LogP contribution >= 0.6 is 0 Å². The van der Waals surface area contributed by atoms with Crippen LogP contribution in [0.1, 0.15) is 0 Å². The summed E-state index contributed by atoms with van der Waals surface area (Å²) in [5.74, 6) is 0. The molecule has 0 atom stereocenters. The van der Waals surface area contributed by atoms with Crippen molar-refractivity contribution >= 4 is 22.3 Å². The van der Waals surface area contributed by atoms with Gasteiger partial charge in [0.05, 0.1) is 0 Å². The number of amides is 2. The van der Waals surface area contributed by atoms with Crippen molar-refractivity contribution in [2.45, 2.75) is 0 Å². The van der Waals surface area contributed by atoms with Crippen LogP contribution in [0.15, 0.2) is 0 Å². The average molecular weight is 104 g/mol. The second-order valence-electron chi connectivity index (χ2n) is 0.402. The summed E-state index contributed by atoms with van der Waals surface area (Å²) >= 11 is 0.611. The normalized spacial score (nSPS) is 4.50. The maximum atomic E-state index is 9.00. The predicted octanol–water partition coefficient (Wildman–Crippen LogP) is -1.74. The van der Waals surface area contributed by atoms with E-state index in [2.05, 4.69) is 11.5 Å². The summed E-state index contributed by atoms with van der Waals surface area (Å²) in [6.45, 7) is 0. The van der Waals surface area contributed by atoms with Gasteiger partial charge in [-0.3, -0.25) is 0 Å². The van der Waals surface area contributed by atoms with Gasteiger partial charge in [0.2, 0.25) is 0 Å². The number of hydrogen-bond acceptors (Lipinski definition) is 2. The molecule has 0 heterocycles. The Kier molecular flexibility index (Phi) is 13.4. The molecule has 0 rings (SSSR count). The van der Waals surface area contributed by atoms with E-state index in [0.717, 1.165) is 0 Å². The van der Waals surface area contributed by atoms with Gasteiger partial charge < -0.3 is 11.5 Å². The van der Waals surface area contributed by atoms with Crippen molar-refractivity contribution in [3.8, 4) is 0 Å². The first-order valence-corrected chi connectivity index (χ1v) is 1.65. The van der Waals surface area contributed by atoms with Crippen molar-refractivity contribution in [1.82, 2.24) is 0 Å². The quantitative estimate of drug-likeness (QED) is 0.357. The predicted molar refractivity (Wildman–Crippen MR) is 21.6 cm³/mol. The van der Waals surface area contributed by atoms with Gasteiger partial charge in [-0.25, -0.2) is 4.79 Å². The third-order valence-corrected chi connectivity index (χ3v) is 0. The van der Waals surface area contributed by atoms with E-state index in [-0.39, 0.29) is 0 Å². The van der Waals surface area contributed by atoms with E-state index >= 15 is 0 Å². The third kappa shape index (κ3) is 154. The van der Waals surface area contributed by atoms with Gasteiger partial charge >= 0.3 is 26.1 Å². The molecule has 0 aliphatic carbocycles. The number of carbonyl (C=O) groups excluding carboxylic acids is 1. The molecule has 0 unspecified atom stereocenters. The van der Waals surface area contributed by atoms with Crippen molar-refractivity contribution in [2.75, 3.05) is 0 Å². The third-order valence-electron chi connectivity index (χ3n) is 0. The van der Waals surface area contributed by atoms with E-state index in [9.17, 15) is 0 Å². The molecule has 4 N–H and O–H groups in total. The molecule has 2 amide bonds. The molecule has 0 aromatic heterocycles. The Bertz CT molecular complexity index is 42.8. The average Bonchev–Trinajstić information content (AvgIpc) is 1.41. The van der Waals surface area contributed by atoms with Crippen molar-refractivity contribution in [1.29, 1.82) is 0 Å². The van der Waals surface area contributed by atoms with Crippen LogP contribution in [0.4, 0.5) is 4.79 Å². The number of rotatable bonds is 0. The summed E-state index contributed by atoms with van der Waals surface area (Å²) in [6.07, 6.45) is 0. The molecule has 0 aromatic carbocycles. The zero-order valence-electron chi connectivity index (χ0n) is 3.18. The topological polar surface area (TPSA) is 86.2 Å². The number of primary amides is 2. The first-order chi connectivity index (χ1) is 2.73.